The van der Waals surface area contributed by atoms with Gasteiger partial charge in [0.1, 0.15) is 0 Å². The van der Waals surface area contributed by atoms with E-state index in [0.717, 1.165) is 12.8 Å². The first-order valence-corrected chi connectivity index (χ1v) is 6.62. The van der Waals surface area contributed by atoms with Gasteiger partial charge in [0.25, 0.3) is 0 Å². The Morgan fingerprint density at radius 2 is 2.12 bits per heavy atom. The fourth-order valence-electron chi connectivity index (χ4n) is 1.31. The van der Waals surface area contributed by atoms with Crippen molar-refractivity contribution in [2.45, 2.75) is 26.7 Å². The second-order valence-corrected chi connectivity index (χ2v) is 4.78. The maximum absolute atomic E-state index is 11.4. The molecule has 0 fully saturated rings. The van der Waals surface area contributed by atoms with Crippen LogP contribution >= 0.6 is 11.8 Å². The van der Waals surface area contributed by atoms with Crippen molar-refractivity contribution in [1.29, 1.82) is 5.26 Å². The summed E-state index contributed by atoms with van der Waals surface area (Å²) in [6.07, 6.45) is 1.68. The van der Waals surface area contributed by atoms with Crippen molar-refractivity contribution in [2.75, 3.05) is 24.7 Å². The van der Waals surface area contributed by atoms with Crippen LogP contribution in [-0.4, -0.2) is 35.7 Å². The first-order valence-electron chi connectivity index (χ1n) is 5.46. The van der Waals surface area contributed by atoms with Crippen molar-refractivity contribution in [1.82, 2.24) is 5.32 Å². The molecule has 4 nitrogen and oxygen atoms in total. The molecule has 0 saturated carbocycles. The van der Waals surface area contributed by atoms with E-state index in [1.807, 2.05) is 19.9 Å². The van der Waals surface area contributed by atoms with E-state index >= 15 is 0 Å². The third kappa shape index (κ3) is 5.38. The van der Waals surface area contributed by atoms with E-state index in [1.54, 1.807) is 0 Å². The third-order valence-corrected chi connectivity index (χ3v) is 3.70. The molecule has 0 unspecified atom stereocenters. The number of nitrogens with zero attached hydrogens (tertiary/aromatic N) is 1. The fraction of sp³-hybridized carbons (Fsp3) is 0.818. The number of rotatable bonds is 8. The molecule has 1 amide bonds. The molecule has 0 spiro atoms. The van der Waals surface area contributed by atoms with Crippen molar-refractivity contribution in [3.8, 4) is 6.07 Å². The summed E-state index contributed by atoms with van der Waals surface area (Å²) in [5.74, 6) is 0.572. The van der Waals surface area contributed by atoms with Crippen LogP contribution in [0.5, 0.6) is 0 Å². The van der Waals surface area contributed by atoms with Gasteiger partial charge < -0.3 is 10.4 Å². The summed E-state index contributed by atoms with van der Waals surface area (Å²) < 4.78 is 0. The van der Waals surface area contributed by atoms with Crippen LogP contribution in [0.15, 0.2) is 0 Å². The van der Waals surface area contributed by atoms with Gasteiger partial charge in [-0.25, -0.2) is 0 Å². The van der Waals surface area contributed by atoms with E-state index < -0.39 is 0 Å². The molecule has 0 saturated heterocycles. The Morgan fingerprint density at radius 1 is 1.50 bits per heavy atom. The van der Waals surface area contributed by atoms with Gasteiger partial charge in [-0.05, 0) is 12.8 Å². The Balaban J connectivity index is 3.93. The van der Waals surface area contributed by atoms with Crippen LogP contribution in [0.4, 0.5) is 0 Å². The van der Waals surface area contributed by atoms with Gasteiger partial charge in [-0.1, -0.05) is 13.8 Å². The summed E-state index contributed by atoms with van der Waals surface area (Å²) in [5, 5.41) is 20.4. The molecule has 0 aromatic heterocycles. The van der Waals surface area contributed by atoms with E-state index in [0.29, 0.717) is 18.1 Å². The van der Waals surface area contributed by atoms with Gasteiger partial charge in [0, 0.05) is 12.0 Å². The summed E-state index contributed by atoms with van der Waals surface area (Å²) in [5.41, 5.74) is -0.199. The molecule has 0 atom stereocenters. The van der Waals surface area contributed by atoms with Crippen molar-refractivity contribution in [3.63, 3.8) is 0 Å². The molecule has 0 aliphatic rings. The standard InChI is InChI=1S/C11H20N2O2S/c1-3-11(4-2,9-14)8-13-10(15)7-16-6-5-12/h14H,3-4,6-9H2,1-2H3,(H,13,15). The zero-order valence-electron chi connectivity index (χ0n) is 9.95. The molecule has 0 rings (SSSR count). The third-order valence-electron chi connectivity index (χ3n) is 2.90. The molecule has 0 aliphatic heterocycles. The molecule has 0 radical (unpaired) electrons. The van der Waals surface area contributed by atoms with Crippen LogP contribution in [0.1, 0.15) is 26.7 Å². The first kappa shape index (κ1) is 15.3. The van der Waals surface area contributed by atoms with E-state index in [-0.39, 0.29) is 17.9 Å². The summed E-state index contributed by atoms with van der Waals surface area (Å²) >= 11 is 1.30. The molecular weight excluding hydrogens is 224 g/mol. The molecule has 5 heteroatoms. The van der Waals surface area contributed by atoms with Crippen molar-refractivity contribution >= 4 is 17.7 Å². The molecular formula is C11H20N2O2S. The Kier molecular flexibility index (Phi) is 8.04. The normalized spacial score (nSPS) is 10.9. The summed E-state index contributed by atoms with van der Waals surface area (Å²) in [6.45, 7) is 4.61. The molecule has 0 aromatic rings. The van der Waals surface area contributed by atoms with Gasteiger partial charge in [0.15, 0.2) is 0 Å². The van der Waals surface area contributed by atoms with Crippen LogP contribution < -0.4 is 5.32 Å². The lowest BCUT2D eigenvalue weighted by Gasteiger charge is -2.29. The van der Waals surface area contributed by atoms with Crippen LogP contribution in [0.3, 0.4) is 0 Å². The Morgan fingerprint density at radius 3 is 2.56 bits per heavy atom. The van der Waals surface area contributed by atoms with E-state index in [4.69, 9.17) is 5.26 Å². The van der Waals surface area contributed by atoms with Gasteiger partial charge in [-0.2, -0.15) is 5.26 Å². The van der Waals surface area contributed by atoms with Crippen molar-refractivity contribution < 1.29 is 9.90 Å². The predicted molar refractivity (Wildman–Crippen MR) is 66.0 cm³/mol. The number of nitriles is 1. The summed E-state index contributed by atoms with van der Waals surface area (Å²) in [4.78, 5) is 11.4. The Bertz CT molecular complexity index is 239. The Labute approximate surface area is 101 Å². The van der Waals surface area contributed by atoms with Crippen molar-refractivity contribution in [2.24, 2.45) is 5.41 Å². The highest BCUT2D eigenvalue weighted by Gasteiger charge is 2.25. The monoisotopic (exact) mass is 244 g/mol. The number of aliphatic hydroxyl groups is 1. The minimum atomic E-state index is -0.199. The van der Waals surface area contributed by atoms with Crippen LogP contribution in [-0.2, 0) is 4.79 Å². The van der Waals surface area contributed by atoms with Crippen LogP contribution in [0.2, 0.25) is 0 Å². The first-order chi connectivity index (χ1) is 7.64. The summed E-state index contributed by atoms with van der Waals surface area (Å²) in [7, 11) is 0. The van der Waals surface area contributed by atoms with Crippen LogP contribution in [0.25, 0.3) is 0 Å². The molecule has 0 aliphatic carbocycles. The zero-order chi connectivity index (χ0) is 12.4. The number of hydrogen-bond donors (Lipinski definition) is 2. The lowest BCUT2D eigenvalue weighted by atomic mass is 9.83. The fourth-order valence-corrected chi connectivity index (χ4v) is 1.79. The van der Waals surface area contributed by atoms with Gasteiger partial charge in [-0.3, -0.25) is 4.79 Å². The number of thioether (sulfide) groups is 1. The number of nitrogens with one attached hydrogen (secondary N) is 1. The maximum Gasteiger partial charge on any atom is 0.230 e. The second kappa shape index (κ2) is 8.43. The molecule has 16 heavy (non-hydrogen) atoms. The largest absolute Gasteiger partial charge is 0.396 e. The zero-order valence-corrected chi connectivity index (χ0v) is 10.8. The van der Waals surface area contributed by atoms with E-state index in [1.165, 1.54) is 11.8 Å². The summed E-state index contributed by atoms with van der Waals surface area (Å²) in [6, 6.07) is 1.97. The average Bonchev–Trinajstić information content (AvgIpc) is 2.32. The molecule has 0 heterocycles. The highest BCUT2D eigenvalue weighted by Crippen LogP contribution is 2.24. The van der Waals surface area contributed by atoms with Gasteiger partial charge >= 0.3 is 0 Å². The number of carbonyl (C=O) groups excluding carboxylic acids is 1. The lowest BCUT2D eigenvalue weighted by molar-refractivity contribution is -0.119. The van der Waals surface area contributed by atoms with Crippen LogP contribution in [0, 0.1) is 16.7 Å². The minimum absolute atomic E-state index is 0.0695. The van der Waals surface area contributed by atoms with E-state index in [9.17, 15) is 9.90 Å². The lowest BCUT2D eigenvalue weighted by Crippen LogP contribution is -2.40. The number of aliphatic hydroxyl groups excluding tert-OH is 1. The molecule has 0 aromatic carbocycles. The maximum atomic E-state index is 11.4. The molecule has 2 N–H and O–H groups in total. The van der Waals surface area contributed by atoms with Gasteiger partial charge in [-0.15, -0.1) is 11.8 Å². The molecule has 92 valence electrons. The van der Waals surface area contributed by atoms with Gasteiger partial charge in [0.05, 0.1) is 24.2 Å². The smallest absolute Gasteiger partial charge is 0.230 e. The highest BCUT2D eigenvalue weighted by molar-refractivity contribution is 8.00. The number of amides is 1. The number of carbonyl (C=O) groups is 1. The van der Waals surface area contributed by atoms with E-state index in [2.05, 4.69) is 5.32 Å². The van der Waals surface area contributed by atoms with Gasteiger partial charge in [0.2, 0.25) is 5.91 Å². The second-order valence-electron chi connectivity index (χ2n) is 3.79. The minimum Gasteiger partial charge on any atom is -0.396 e. The number of hydrogen-bond acceptors (Lipinski definition) is 4. The Hall–Kier alpha value is -0.730. The van der Waals surface area contributed by atoms with Crippen molar-refractivity contribution in [3.05, 3.63) is 0 Å². The predicted octanol–water partition coefficient (Wildman–Crippen LogP) is 1.16. The topological polar surface area (TPSA) is 73.1 Å². The quantitative estimate of drug-likeness (QED) is 0.628. The molecule has 0 bridgehead atoms. The highest BCUT2D eigenvalue weighted by atomic mass is 32.2. The SMILES string of the molecule is CCC(CC)(CO)CNC(=O)CSCC#N. The average molecular weight is 244 g/mol.